The van der Waals surface area contributed by atoms with Crippen molar-refractivity contribution in [3.05, 3.63) is 76.4 Å². The largest absolute Gasteiger partial charge is 0.485 e. The third-order valence-corrected chi connectivity index (χ3v) is 7.01. The number of fused-ring (bicyclic) bond motifs is 3. The number of anilines is 1. The Kier molecular flexibility index (Phi) is 6.01. The maximum Gasteiger partial charge on any atom is 0.162 e. The minimum Gasteiger partial charge on any atom is -0.485 e. The molecule has 0 saturated heterocycles. The summed E-state index contributed by atoms with van der Waals surface area (Å²) < 4.78 is 16.4. The first kappa shape index (κ1) is 23.0. The van der Waals surface area contributed by atoms with Crippen LogP contribution in [0.4, 0.5) is 5.69 Å². The van der Waals surface area contributed by atoms with E-state index in [4.69, 9.17) is 9.47 Å². The molecule has 0 spiro atoms. The van der Waals surface area contributed by atoms with E-state index in [-0.39, 0.29) is 0 Å². The first-order valence-electron chi connectivity index (χ1n) is 12.1. The standard InChI is InChI=1S/C28H33N5O2/c1-7-20-9-8-10-24-25-13-27(35-17-23-11-18(2)32(5)30-23)26(12-21(25)15-31(4)28(20)24)34-16-22-14-29-33(6)19(22)3/h8-14H,7,15-17H2,1-6H3. The summed E-state index contributed by atoms with van der Waals surface area (Å²) in [5.74, 6) is 1.47. The molecule has 3 heterocycles. The lowest BCUT2D eigenvalue weighted by atomic mass is 9.90. The summed E-state index contributed by atoms with van der Waals surface area (Å²) in [6, 6.07) is 12.9. The number of hydrogen-bond acceptors (Lipinski definition) is 5. The summed E-state index contributed by atoms with van der Waals surface area (Å²) in [6.07, 6.45) is 2.86. The molecule has 0 aliphatic carbocycles. The summed E-state index contributed by atoms with van der Waals surface area (Å²) in [5, 5.41) is 8.90. The molecule has 1 aliphatic heterocycles. The number of para-hydroxylation sites is 1. The molecule has 0 unspecified atom stereocenters. The van der Waals surface area contributed by atoms with Crippen molar-refractivity contribution < 1.29 is 9.47 Å². The number of hydrogen-bond donors (Lipinski definition) is 0. The average Bonchev–Trinajstić information content (AvgIpc) is 3.35. The SMILES string of the molecule is CCc1cccc2c1N(C)Cc1cc(OCc3cnn(C)c3C)c(OCc3cc(C)n(C)n3)cc1-2. The molecule has 7 heteroatoms. The van der Waals surface area contributed by atoms with E-state index in [9.17, 15) is 0 Å². The van der Waals surface area contributed by atoms with Gasteiger partial charge in [0.2, 0.25) is 0 Å². The number of ether oxygens (including phenoxy) is 2. The van der Waals surface area contributed by atoms with Crippen LogP contribution < -0.4 is 14.4 Å². The molecule has 1 aliphatic rings. The van der Waals surface area contributed by atoms with E-state index in [1.807, 2.05) is 36.6 Å². The smallest absolute Gasteiger partial charge is 0.162 e. The zero-order valence-electron chi connectivity index (χ0n) is 21.4. The highest BCUT2D eigenvalue weighted by atomic mass is 16.5. The lowest BCUT2D eigenvalue weighted by molar-refractivity contribution is 0.253. The highest BCUT2D eigenvalue weighted by Gasteiger charge is 2.25. The molecule has 0 bridgehead atoms. The molecular formula is C28H33N5O2. The second-order valence-electron chi connectivity index (χ2n) is 9.34. The minimum absolute atomic E-state index is 0.379. The zero-order valence-corrected chi connectivity index (χ0v) is 21.4. The van der Waals surface area contributed by atoms with E-state index in [0.717, 1.165) is 47.1 Å². The average molecular weight is 472 g/mol. The summed E-state index contributed by atoms with van der Waals surface area (Å²) in [7, 11) is 6.05. The van der Waals surface area contributed by atoms with Gasteiger partial charge in [-0.05, 0) is 55.2 Å². The predicted octanol–water partition coefficient (Wildman–Crippen LogP) is 5.11. The van der Waals surface area contributed by atoms with Gasteiger partial charge in [-0.3, -0.25) is 9.36 Å². The molecule has 0 atom stereocenters. The van der Waals surface area contributed by atoms with E-state index >= 15 is 0 Å². The number of nitrogens with zero attached hydrogens (tertiary/aromatic N) is 5. The number of rotatable bonds is 7. The third kappa shape index (κ3) is 4.27. The van der Waals surface area contributed by atoms with Gasteiger partial charge in [-0.1, -0.05) is 25.1 Å². The third-order valence-electron chi connectivity index (χ3n) is 7.01. The van der Waals surface area contributed by atoms with Crippen LogP contribution in [0.3, 0.4) is 0 Å². The maximum atomic E-state index is 6.35. The Morgan fingerprint density at radius 3 is 2.34 bits per heavy atom. The number of aromatic nitrogens is 4. The van der Waals surface area contributed by atoms with Crippen LogP contribution in [0.5, 0.6) is 11.5 Å². The summed E-state index contributed by atoms with van der Waals surface area (Å²) >= 11 is 0. The molecule has 0 radical (unpaired) electrons. The van der Waals surface area contributed by atoms with E-state index in [1.165, 1.54) is 27.9 Å². The van der Waals surface area contributed by atoms with Crippen molar-refractivity contribution in [2.75, 3.05) is 11.9 Å². The maximum absolute atomic E-state index is 6.35. The van der Waals surface area contributed by atoms with Crippen LogP contribution in [0.15, 0.2) is 42.6 Å². The van der Waals surface area contributed by atoms with Gasteiger partial charge in [0, 0.05) is 55.9 Å². The van der Waals surface area contributed by atoms with Gasteiger partial charge in [-0.15, -0.1) is 0 Å². The molecule has 0 amide bonds. The lowest BCUT2D eigenvalue weighted by Crippen LogP contribution is -2.23. The topological polar surface area (TPSA) is 57.3 Å². The van der Waals surface area contributed by atoms with Crippen molar-refractivity contribution in [3.8, 4) is 22.6 Å². The molecule has 182 valence electrons. The van der Waals surface area contributed by atoms with Crippen LogP contribution in [0.25, 0.3) is 11.1 Å². The van der Waals surface area contributed by atoms with Crippen LogP contribution >= 0.6 is 0 Å². The van der Waals surface area contributed by atoms with Crippen molar-refractivity contribution in [1.29, 1.82) is 0 Å². The first-order valence-corrected chi connectivity index (χ1v) is 12.1. The Labute approximate surface area is 206 Å². The van der Waals surface area contributed by atoms with E-state index in [1.54, 1.807) is 0 Å². The van der Waals surface area contributed by atoms with Gasteiger partial charge in [0.25, 0.3) is 0 Å². The predicted molar refractivity (Wildman–Crippen MR) is 138 cm³/mol. The van der Waals surface area contributed by atoms with Crippen LogP contribution in [-0.4, -0.2) is 26.6 Å². The Morgan fingerprint density at radius 2 is 1.66 bits per heavy atom. The highest BCUT2D eigenvalue weighted by Crippen LogP contribution is 2.45. The van der Waals surface area contributed by atoms with Gasteiger partial charge in [0.15, 0.2) is 11.5 Å². The monoisotopic (exact) mass is 471 g/mol. The Hall–Kier alpha value is -3.74. The molecule has 0 saturated carbocycles. The highest BCUT2D eigenvalue weighted by molar-refractivity contribution is 5.86. The quantitative estimate of drug-likeness (QED) is 0.375. The molecular weight excluding hydrogens is 438 g/mol. The van der Waals surface area contributed by atoms with Crippen LogP contribution in [0.1, 0.15) is 40.7 Å². The van der Waals surface area contributed by atoms with Gasteiger partial charge in [-0.25, -0.2) is 0 Å². The molecule has 0 fully saturated rings. The second-order valence-corrected chi connectivity index (χ2v) is 9.34. The molecule has 35 heavy (non-hydrogen) atoms. The normalized spacial score (nSPS) is 12.5. The van der Waals surface area contributed by atoms with Crippen molar-refractivity contribution in [2.45, 2.75) is 47.0 Å². The molecule has 2 aromatic heterocycles. The van der Waals surface area contributed by atoms with Gasteiger partial charge < -0.3 is 14.4 Å². The van der Waals surface area contributed by atoms with Crippen molar-refractivity contribution in [3.63, 3.8) is 0 Å². The van der Waals surface area contributed by atoms with Crippen LogP contribution in [0, 0.1) is 13.8 Å². The van der Waals surface area contributed by atoms with Gasteiger partial charge in [0.1, 0.15) is 18.9 Å². The fraction of sp³-hybridized carbons (Fsp3) is 0.357. The van der Waals surface area contributed by atoms with E-state index in [0.29, 0.717) is 13.2 Å². The van der Waals surface area contributed by atoms with Gasteiger partial charge >= 0.3 is 0 Å². The molecule has 5 rings (SSSR count). The Bertz CT molecular complexity index is 1360. The van der Waals surface area contributed by atoms with E-state index in [2.05, 4.69) is 72.4 Å². The fourth-order valence-electron chi connectivity index (χ4n) is 4.79. The fourth-order valence-corrected chi connectivity index (χ4v) is 4.79. The lowest BCUT2D eigenvalue weighted by Gasteiger charge is -2.32. The molecule has 2 aromatic carbocycles. The summed E-state index contributed by atoms with van der Waals surface area (Å²) in [4.78, 5) is 2.34. The van der Waals surface area contributed by atoms with E-state index < -0.39 is 0 Å². The van der Waals surface area contributed by atoms with Crippen molar-refractivity contribution >= 4 is 5.69 Å². The first-order chi connectivity index (χ1) is 16.9. The summed E-state index contributed by atoms with van der Waals surface area (Å²) in [5.41, 5.74) is 10.5. The molecule has 7 nitrogen and oxygen atoms in total. The minimum atomic E-state index is 0.379. The van der Waals surface area contributed by atoms with Crippen molar-refractivity contribution in [2.24, 2.45) is 14.1 Å². The Balaban J connectivity index is 1.53. The van der Waals surface area contributed by atoms with Gasteiger partial charge in [-0.2, -0.15) is 10.2 Å². The number of benzene rings is 2. The number of aryl methyl sites for hydroxylation is 4. The molecule has 0 N–H and O–H groups in total. The Morgan fingerprint density at radius 1 is 0.886 bits per heavy atom. The van der Waals surface area contributed by atoms with Gasteiger partial charge in [0.05, 0.1) is 6.20 Å². The molecule has 4 aromatic rings. The van der Waals surface area contributed by atoms with Crippen molar-refractivity contribution in [1.82, 2.24) is 19.6 Å². The van der Waals surface area contributed by atoms with Crippen LogP contribution in [0.2, 0.25) is 0 Å². The second kappa shape index (κ2) is 9.13. The summed E-state index contributed by atoms with van der Waals surface area (Å²) in [6.45, 7) is 7.94. The van der Waals surface area contributed by atoms with Crippen LogP contribution in [-0.2, 0) is 40.3 Å². The zero-order chi connectivity index (χ0) is 24.7.